The number of carbonyl (C=O) groups is 2. The number of benzene rings is 2. The van der Waals surface area contributed by atoms with Gasteiger partial charge in [0.05, 0.1) is 22.3 Å². The Hall–Kier alpha value is -3.05. The number of para-hydroxylation sites is 1. The molecular formula is C21H19N3O2. The topological polar surface area (TPSA) is 53.5 Å². The Morgan fingerprint density at radius 3 is 2.27 bits per heavy atom. The SMILES string of the molecule is CN(CCN1C(=O)c2ccccc2C1=O)Cc1ccc2ccccc2n1. The lowest BCUT2D eigenvalue weighted by atomic mass is 10.1. The van der Waals surface area contributed by atoms with Crippen LogP contribution in [0.25, 0.3) is 10.9 Å². The molecule has 1 aliphatic rings. The summed E-state index contributed by atoms with van der Waals surface area (Å²) in [5.41, 5.74) is 2.93. The summed E-state index contributed by atoms with van der Waals surface area (Å²) in [4.78, 5) is 32.9. The Morgan fingerprint density at radius 1 is 0.885 bits per heavy atom. The number of pyridine rings is 1. The van der Waals surface area contributed by atoms with Crippen molar-refractivity contribution in [1.29, 1.82) is 0 Å². The molecular weight excluding hydrogens is 326 g/mol. The van der Waals surface area contributed by atoms with Gasteiger partial charge in [-0.1, -0.05) is 36.4 Å². The van der Waals surface area contributed by atoms with E-state index in [0.717, 1.165) is 16.6 Å². The second-order valence-corrected chi connectivity index (χ2v) is 6.54. The molecule has 0 N–H and O–H groups in total. The second kappa shape index (κ2) is 6.69. The molecule has 130 valence electrons. The predicted molar refractivity (Wildman–Crippen MR) is 99.9 cm³/mol. The van der Waals surface area contributed by atoms with Crippen molar-refractivity contribution in [3.8, 4) is 0 Å². The highest BCUT2D eigenvalue weighted by Crippen LogP contribution is 2.22. The summed E-state index contributed by atoms with van der Waals surface area (Å²) in [5.74, 6) is -0.411. The van der Waals surface area contributed by atoms with Crippen LogP contribution in [0.4, 0.5) is 0 Å². The number of amides is 2. The quantitative estimate of drug-likeness (QED) is 0.667. The minimum absolute atomic E-state index is 0.206. The zero-order chi connectivity index (χ0) is 18.1. The number of hydrogen-bond donors (Lipinski definition) is 0. The summed E-state index contributed by atoms with van der Waals surface area (Å²) in [7, 11) is 1.97. The summed E-state index contributed by atoms with van der Waals surface area (Å²) >= 11 is 0. The van der Waals surface area contributed by atoms with Crippen molar-refractivity contribution < 1.29 is 9.59 Å². The number of hydrogen-bond acceptors (Lipinski definition) is 4. The second-order valence-electron chi connectivity index (χ2n) is 6.54. The summed E-state index contributed by atoms with van der Waals surface area (Å²) in [6.07, 6.45) is 0. The van der Waals surface area contributed by atoms with Gasteiger partial charge in [0.15, 0.2) is 0 Å². The van der Waals surface area contributed by atoms with Gasteiger partial charge in [0.2, 0.25) is 0 Å². The standard InChI is InChI=1S/C21H19N3O2/c1-23(14-16-11-10-15-6-2-5-9-19(15)22-16)12-13-24-20(25)17-7-3-4-8-18(17)21(24)26/h2-11H,12-14H2,1H3. The van der Waals surface area contributed by atoms with E-state index in [9.17, 15) is 9.59 Å². The zero-order valence-corrected chi connectivity index (χ0v) is 14.6. The van der Waals surface area contributed by atoms with Gasteiger partial charge in [0, 0.05) is 25.0 Å². The fraction of sp³-hybridized carbons (Fsp3) is 0.190. The minimum atomic E-state index is -0.206. The van der Waals surface area contributed by atoms with Crippen LogP contribution in [0.3, 0.4) is 0 Å². The molecule has 5 nitrogen and oxygen atoms in total. The molecule has 3 aromatic rings. The van der Waals surface area contributed by atoms with Gasteiger partial charge in [-0.25, -0.2) is 0 Å². The maximum absolute atomic E-state index is 12.4. The van der Waals surface area contributed by atoms with E-state index in [-0.39, 0.29) is 11.8 Å². The van der Waals surface area contributed by atoms with E-state index < -0.39 is 0 Å². The van der Waals surface area contributed by atoms with E-state index in [1.165, 1.54) is 4.90 Å². The lowest BCUT2D eigenvalue weighted by Gasteiger charge is -2.20. The first-order valence-corrected chi connectivity index (χ1v) is 8.62. The average Bonchev–Trinajstić information content (AvgIpc) is 2.91. The highest BCUT2D eigenvalue weighted by Gasteiger charge is 2.34. The minimum Gasteiger partial charge on any atom is -0.299 e. The van der Waals surface area contributed by atoms with Crippen molar-refractivity contribution in [2.45, 2.75) is 6.54 Å². The molecule has 0 atom stereocenters. The van der Waals surface area contributed by atoms with E-state index in [1.54, 1.807) is 24.3 Å². The molecule has 0 spiro atoms. The number of rotatable bonds is 5. The first kappa shape index (κ1) is 16.4. The number of aromatic nitrogens is 1. The lowest BCUT2D eigenvalue weighted by Crippen LogP contribution is -2.36. The summed E-state index contributed by atoms with van der Waals surface area (Å²) in [6, 6.07) is 19.1. The van der Waals surface area contributed by atoms with Crippen molar-refractivity contribution in [3.63, 3.8) is 0 Å². The number of carbonyl (C=O) groups excluding carboxylic acids is 2. The van der Waals surface area contributed by atoms with Crippen LogP contribution in [0.5, 0.6) is 0 Å². The van der Waals surface area contributed by atoms with Crippen molar-refractivity contribution >= 4 is 22.7 Å². The van der Waals surface area contributed by atoms with Crippen LogP contribution >= 0.6 is 0 Å². The molecule has 1 aromatic heterocycles. The Kier molecular flexibility index (Phi) is 4.22. The molecule has 1 aliphatic heterocycles. The van der Waals surface area contributed by atoms with E-state index in [4.69, 9.17) is 0 Å². The van der Waals surface area contributed by atoms with E-state index in [0.29, 0.717) is 30.8 Å². The third-order valence-electron chi connectivity index (χ3n) is 4.67. The maximum Gasteiger partial charge on any atom is 0.261 e. The van der Waals surface area contributed by atoms with Crippen LogP contribution in [0, 0.1) is 0 Å². The highest BCUT2D eigenvalue weighted by atomic mass is 16.2. The number of fused-ring (bicyclic) bond motifs is 2. The van der Waals surface area contributed by atoms with Gasteiger partial charge in [0.25, 0.3) is 11.8 Å². The van der Waals surface area contributed by atoms with E-state index in [1.807, 2.05) is 37.4 Å². The van der Waals surface area contributed by atoms with Gasteiger partial charge in [-0.3, -0.25) is 24.4 Å². The van der Waals surface area contributed by atoms with E-state index >= 15 is 0 Å². The van der Waals surface area contributed by atoms with Crippen molar-refractivity contribution in [2.75, 3.05) is 20.1 Å². The summed E-state index contributed by atoms with van der Waals surface area (Å²) in [6.45, 7) is 1.63. The van der Waals surface area contributed by atoms with Crippen LogP contribution in [0.2, 0.25) is 0 Å². The third-order valence-corrected chi connectivity index (χ3v) is 4.67. The normalized spacial score (nSPS) is 13.7. The Bertz CT molecular complexity index is 964. The summed E-state index contributed by atoms with van der Waals surface area (Å²) < 4.78 is 0. The molecule has 0 unspecified atom stereocenters. The summed E-state index contributed by atoms with van der Waals surface area (Å²) in [5, 5.41) is 1.12. The monoisotopic (exact) mass is 345 g/mol. The van der Waals surface area contributed by atoms with Crippen LogP contribution in [0.15, 0.2) is 60.7 Å². The van der Waals surface area contributed by atoms with Gasteiger partial charge >= 0.3 is 0 Å². The first-order valence-electron chi connectivity index (χ1n) is 8.62. The maximum atomic E-state index is 12.4. The molecule has 5 heteroatoms. The Morgan fingerprint density at radius 2 is 1.54 bits per heavy atom. The van der Waals surface area contributed by atoms with Gasteiger partial charge in [-0.2, -0.15) is 0 Å². The molecule has 2 heterocycles. The van der Waals surface area contributed by atoms with Crippen molar-refractivity contribution in [3.05, 3.63) is 77.5 Å². The molecule has 0 aliphatic carbocycles. The fourth-order valence-corrected chi connectivity index (χ4v) is 3.26. The predicted octanol–water partition coefficient (Wildman–Crippen LogP) is 2.96. The molecule has 2 amide bonds. The largest absolute Gasteiger partial charge is 0.299 e. The van der Waals surface area contributed by atoms with Crippen LogP contribution in [-0.4, -0.2) is 46.7 Å². The highest BCUT2D eigenvalue weighted by molar-refractivity contribution is 6.21. The number of imide groups is 1. The molecule has 0 radical (unpaired) electrons. The van der Waals surface area contributed by atoms with Crippen molar-refractivity contribution in [1.82, 2.24) is 14.8 Å². The molecule has 0 saturated carbocycles. The average molecular weight is 345 g/mol. The van der Waals surface area contributed by atoms with Gasteiger partial charge in [-0.15, -0.1) is 0 Å². The van der Waals surface area contributed by atoms with Crippen molar-refractivity contribution in [2.24, 2.45) is 0 Å². The lowest BCUT2D eigenvalue weighted by molar-refractivity contribution is 0.0640. The molecule has 26 heavy (non-hydrogen) atoms. The fourth-order valence-electron chi connectivity index (χ4n) is 3.26. The third kappa shape index (κ3) is 2.97. The van der Waals surface area contributed by atoms with Gasteiger partial charge in [0.1, 0.15) is 0 Å². The molecule has 2 aromatic carbocycles. The van der Waals surface area contributed by atoms with Gasteiger partial charge in [-0.05, 0) is 31.3 Å². The number of nitrogens with zero attached hydrogens (tertiary/aromatic N) is 3. The molecule has 0 fully saturated rings. The zero-order valence-electron chi connectivity index (χ0n) is 14.6. The van der Waals surface area contributed by atoms with Crippen LogP contribution in [-0.2, 0) is 6.54 Å². The Balaban J connectivity index is 1.40. The smallest absolute Gasteiger partial charge is 0.261 e. The number of likely N-dealkylation sites (N-methyl/N-ethyl adjacent to an activating group) is 1. The molecule has 4 rings (SSSR count). The first-order chi connectivity index (χ1) is 12.6. The molecule has 0 bridgehead atoms. The van der Waals surface area contributed by atoms with Gasteiger partial charge < -0.3 is 0 Å². The molecule has 0 saturated heterocycles. The van der Waals surface area contributed by atoms with Crippen LogP contribution < -0.4 is 0 Å². The van der Waals surface area contributed by atoms with Crippen LogP contribution in [0.1, 0.15) is 26.4 Å². The Labute approximate surface area is 151 Å². The van der Waals surface area contributed by atoms with E-state index in [2.05, 4.69) is 16.0 Å².